The molecule has 1 atom stereocenters. The Morgan fingerprint density at radius 1 is 1.04 bits per heavy atom. The first-order valence-corrected chi connectivity index (χ1v) is 9.80. The zero-order valence-corrected chi connectivity index (χ0v) is 15.9. The zero-order chi connectivity index (χ0) is 19.1. The van der Waals surface area contributed by atoms with Crippen molar-refractivity contribution < 1.29 is 9.59 Å². The molecular formula is C23H28N2O2. The lowest BCUT2D eigenvalue weighted by molar-refractivity contribution is -0.139. The van der Waals surface area contributed by atoms with Crippen LogP contribution in [0, 0.1) is 5.92 Å². The van der Waals surface area contributed by atoms with Crippen LogP contribution in [-0.2, 0) is 16.1 Å². The smallest absolute Gasteiger partial charge is 0.225 e. The van der Waals surface area contributed by atoms with Gasteiger partial charge in [-0.3, -0.25) is 9.59 Å². The average Bonchev–Trinajstić information content (AvgIpc) is 2.65. The Kier molecular flexibility index (Phi) is 6.64. The van der Waals surface area contributed by atoms with Crippen molar-refractivity contribution in [2.24, 2.45) is 5.92 Å². The van der Waals surface area contributed by atoms with Crippen molar-refractivity contribution in [1.29, 1.82) is 0 Å². The van der Waals surface area contributed by atoms with Gasteiger partial charge in [0.05, 0.1) is 6.04 Å². The largest absolute Gasteiger partial charge is 0.350 e. The molecular weight excluding hydrogens is 336 g/mol. The molecule has 0 bridgehead atoms. The van der Waals surface area contributed by atoms with Crippen LogP contribution in [0.25, 0.3) is 0 Å². The van der Waals surface area contributed by atoms with E-state index < -0.39 is 0 Å². The van der Waals surface area contributed by atoms with E-state index in [4.69, 9.17) is 0 Å². The molecule has 1 fully saturated rings. The number of nitrogens with zero attached hydrogens (tertiary/aromatic N) is 1. The third kappa shape index (κ3) is 5.43. The van der Waals surface area contributed by atoms with Crippen LogP contribution in [0.3, 0.4) is 0 Å². The van der Waals surface area contributed by atoms with Gasteiger partial charge in [-0.1, -0.05) is 67.1 Å². The Balaban J connectivity index is 1.56. The van der Waals surface area contributed by atoms with Crippen LogP contribution in [-0.4, -0.2) is 23.3 Å². The fourth-order valence-electron chi connectivity index (χ4n) is 3.36. The molecule has 0 aromatic heterocycles. The van der Waals surface area contributed by atoms with Gasteiger partial charge in [-0.25, -0.2) is 0 Å². The first kappa shape index (κ1) is 19.2. The number of hydrogen-bond acceptors (Lipinski definition) is 2. The molecule has 0 aliphatic heterocycles. The van der Waals surface area contributed by atoms with Crippen molar-refractivity contribution in [3.8, 4) is 0 Å². The Hall–Kier alpha value is -2.62. The highest BCUT2D eigenvalue weighted by Gasteiger charge is 2.29. The predicted octanol–water partition coefficient (Wildman–Crippen LogP) is 4.08. The number of amides is 2. The van der Waals surface area contributed by atoms with E-state index in [9.17, 15) is 9.59 Å². The highest BCUT2D eigenvalue weighted by molar-refractivity contribution is 5.81. The van der Waals surface area contributed by atoms with Crippen LogP contribution in [0.2, 0.25) is 0 Å². The zero-order valence-electron chi connectivity index (χ0n) is 15.9. The molecule has 0 saturated heterocycles. The van der Waals surface area contributed by atoms with Crippen molar-refractivity contribution in [2.45, 2.75) is 45.2 Å². The Bertz CT molecular complexity index is 741. The van der Waals surface area contributed by atoms with Gasteiger partial charge in [0.1, 0.15) is 0 Å². The second-order valence-corrected chi connectivity index (χ2v) is 7.32. The Morgan fingerprint density at radius 2 is 1.67 bits per heavy atom. The lowest BCUT2D eigenvalue weighted by Gasteiger charge is -2.32. The summed E-state index contributed by atoms with van der Waals surface area (Å²) in [7, 11) is 0. The first-order valence-electron chi connectivity index (χ1n) is 9.80. The van der Waals surface area contributed by atoms with Crippen molar-refractivity contribution in [2.75, 3.05) is 6.54 Å². The molecule has 2 aromatic rings. The number of rotatable bonds is 8. The number of carbonyl (C=O) groups excluding carboxylic acids is 2. The van der Waals surface area contributed by atoms with Gasteiger partial charge in [-0.05, 0) is 30.9 Å². The van der Waals surface area contributed by atoms with Crippen LogP contribution < -0.4 is 5.32 Å². The highest BCUT2D eigenvalue weighted by Crippen LogP contribution is 2.29. The van der Waals surface area contributed by atoms with Gasteiger partial charge in [0.15, 0.2) is 0 Å². The van der Waals surface area contributed by atoms with Crippen molar-refractivity contribution in [3.05, 3.63) is 71.8 Å². The summed E-state index contributed by atoms with van der Waals surface area (Å²) in [6.45, 7) is 3.00. The van der Waals surface area contributed by atoms with E-state index in [0.717, 1.165) is 30.4 Å². The highest BCUT2D eigenvalue weighted by atomic mass is 16.2. The van der Waals surface area contributed by atoms with Crippen LogP contribution in [0.4, 0.5) is 0 Å². The summed E-state index contributed by atoms with van der Waals surface area (Å²) in [5.41, 5.74) is 2.18. The van der Waals surface area contributed by atoms with Gasteiger partial charge in [0, 0.05) is 25.4 Å². The number of benzene rings is 2. The number of nitrogens with one attached hydrogen (secondary N) is 1. The minimum atomic E-state index is -0.0383. The van der Waals surface area contributed by atoms with E-state index in [1.807, 2.05) is 72.5 Å². The third-order valence-corrected chi connectivity index (χ3v) is 5.27. The number of carbonyl (C=O) groups is 2. The molecule has 1 saturated carbocycles. The minimum absolute atomic E-state index is 0.0224. The number of hydrogen-bond donors (Lipinski definition) is 1. The van der Waals surface area contributed by atoms with E-state index >= 15 is 0 Å². The normalized spacial score (nSPS) is 14.9. The Labute approximate surface area is 161 Å². The van der Waals surface area contributed by atoms with Gasteiger partial charge in [-0.2, -0.15) is 0 Å². The SMILES string of the molecule is CC(NC(=O)CCN(Cc1ccccc1)C(=O)C1CCC1)c1ccccc1. The van der Waals surface area contributed by atoms with Gasteiger partial charge < -0.3 is 10.2 Å². The Morgan fingerprint density at radius 3 is 2.26 bits per heavy atom. The topological polar surface area (TPSA) is 49.4 Å². The standard InChI is InChI=1S/C23H28N2O2/c1-18(20-11-6-3-7-12-20)24-22(26)15-16-25(23(27)21-13-8-14-21)17-19-9-4-2-5-10-19/h2-7,9-12,18,21H,8,13-17H2,1H3,(H,24,26). The molecule has 1 unspecified atom stereocenters. The predicted molar refractivity (Wildman–Crippen MR) is 107 cm³/mol. The molecule has 1 N–H and O–H groups in total. The summed E-state index contributed by atoms with van der Waals surface area (Å²) >= 11 is 0. The van der Waals surface area contributed by atoms with Gasteiger partial charge >= 0.3 is 0 Å². The van der Waals surface area contributed by atoms with Gasteiger partial charge in [0.2, 0.25) is 11.8 Å². The third-order valence-electron chi connectivity index (χ3n) is 5.27. The minimum Gasteiger partial charge on any atom is -0.350 e. The van der Waals surface area contributed by atoms with Gasteiger partial charge in [0.25, 0.3) is 0 Å². The molecule has 142 valence electrons. The van der Waals surface area contributed by atoms with Crippen molar-refractivity contribution in [3.63, 3.8) is 0 Å². The van der Waals surface area contributed by atoms with Crippen molar-refractivity contribution in [1.82, 2.24) is 10.2 Å². The molecule has 4 heteroatoms. The van der Waals surface area contributed by atoms with E-state index in [1.165, 1.54) is 0 Å². The molecule has 2 amide bonds. The van der Waals surface area contributed by atoms with Crippen molar-refractivity contribution >= 4 is 11.8 Å². The molecule has 3 rings (SSSR count). The second kappa shape index (κ2) is 9.36. The molecule has 0 spiro atoms. The van der Waals surface area contributed by atoms with Crippen LogP contribution in [0.15, 0.2) is 60.7 Å². The van der Waals surface area contributed by atoms with Crippen LogP contribution in [0.5, 0.6) is 0 Å². The summed E-state index contributed by atoms with van der Waals surface area (Å²) < 4.78 is 0. The fourth-order valence-corrected chi connectivity index (χ4v) is 3.36. The molecule has 0 radical (unpaired) electrons. The summed E-state index contributed by atoms with van der Waals surface area (Å²) in [4.78, 5) is 27.0. The van der Waals surface area contributed by atoms with Gasteiger partial charge in [-0.15, -0.1) is 0 Å². The molecule has 27 heavy (non-hydrogen) atoms. The summed E-state index contributed by atoms with van der Waals surface area (Å²) in [6.07, 6.45) is 3.40. The molecule has 2 aromatic carbocycles. The summed E-state index contributed by atoms with van der Waals surface area (Å²) in [6, 6.07) is 19.9. The fraction of sp³-hybridized carbons (Fsp3) is 0.391. The summed E-state index contributed by atoms with van der Waals surface area (Å²) in [5, 5.41) is 3.03. The molecule has 1 aliphatic rings. The second-order valence-electron chi connectivity index (χ2n) is 7.32. The monoisotopic (exact) mass is 364 g/mol. The molecule has 0 heterocycles. The lowest BCUT2D eigenvalue weighted by atomic mass is 9.84. The lowest BCUT2D eigenvalue weighted by Crippen LogP contribution is -2.40. The maximum atomic E-state index is 12.8. The van der Waals surface area contributed by atoms with E-state index in [2.05, 4.69) is 5.32 Å². The first-order chi connectivity index (χ1) is 13.1. The maximum absolute atomic E-state index is 12.8. The van der Waals surface area contributed by atoms with Crippen LogP contribution >= 0.6 is 0 Å². The van der Waals surface area contributed by atoms with E-state index in [1.54, 1.807) is 0 Å². The quantitative estimate of drug-likeness (QED) is 0.767. The molecule has 4 nitrogen and oxygen atoms in total. The van der Waals surface area contributed by atoms with E-state index in [0.29, 0.717) is 19.5 Å². The average molecular weight is 364 g/mol. The summed E-state index contributed by atoms with van der Waals surface area (Å²) in [5.74, 6) is 0.305. The molecule has 1 aliphatic carbocycles. The van der Waals surface area contributed by atoms with Crippen LogP contribution in [0.1, 0.15) is 49.8 Å². The maximum Gasteiger partial charge on any atom is 0.225 e. The van der Waals surface area contributed by atoms with E-state index in [-0.39, 0.29) is 23.8 Å².